The van der Waals surface area contributed by atoms with E-state index in [-0.39, 0.29) is 11.4 Å². The Labute approximate surface area is 157 Å². The summed E-state index contributed by atoms with van der Waals surface area (Å²) in [7, 11) is 0. The molecule has 0 amide bonds. The number of unbranched alkanes of at least 4 members (excludes halogenated alkanes) is 4. The van der Waals surface area contributed by atoms with Crippen LogP contribution in [0.4, 0.5) is 11.4 Å². The minimum absolute atomic E-state index is 0.0540. The van der Waals surface area contributed by atoms with Crippen LogP contribution in [-0.4, -0.2) is 23.1 Å². The van der Waals surface area contributed by atoms with Gasteiger partial charge < -0.3 is 9.47 Å². The molecule has 0 saturated heterocycles. The van der Waals surface area contributed by atoms with Gasteiger partial charge in [0.05, 0.1) is 23.1 Å². The van der Waals surface area contributed by atoms with Crippen LogP contribution in [0.3, 0.4) is 0 Å². The molecule has 8 heteroatoms. The first-order valence-electron chi connectivity index (χ1n) is 8.81. The number of non-ortho nitro benzene ring substituents is 2. The largest absolute Gasteiger partial charge is 0.494 e. The van der Waals surface area contributed by atoms with Crippen LogP contribution < -0.4 is 9.47 Å². The first-order chi connectivity index (χ1) is 13.1. The lowest BCUT2D eigenvalue weighted by molar-refractivity contribution is -0.385. The number of nitrogens with zero attached hydrogens (tertiary/aromatic N) is 2. The predicted octanol–water partition coefficient (Wildman–Crippen LogP) is 4.91. The van der Waals surface area contributed by atoms with Gasteiger partial charge in [0.15, 0.2) is 0 Å². The molecule has 0 radical (unpaired) electrons. The average molecular weight is 374 g/mol. The van der Waals surface area contributed by atoms with Crippen LogP contribution in [0, 0.1) is 20.2 Å². The van der Waals surface area contributed by atoms with Crippen molar-refractivity contribution in [1.82, 2.24) is 0 Å². The zero-order chi connectivity index (χ0) is 19.5. The van der Waals surface area contributed by atoms with Crippen LogP contribution in [0.25, 0.3) is 0 Å². The third kappa shape index (κ3) is 7.31. The van der Waals surface area contributed by atoms with Crippen molar-refractivity contribution in [3.63, 3.8) is 0 Å². The molecule has 0 unspecified atom stereocenters. The second kappa shape index (κ2) is 10.7. The number of nitro groups is 2. The quantitative estimate of drug-likeness (QED) is 0.297. The Morgan fingerprint density at radius 3 is 1.26 bits per heavy atom. The molecule has 0 aromatic heterocycles. The summed E-state index contributed by atoms with van der Waals surface area (Å²) < 4.78 is 11.1. The Kier molecular flexibility index (Phi) is 8.02. The van der Waals surface area contributed by atoms with Gasteiger partial charge in [-0.1, -0.05) is 19.3 Å². The summed E-state index contributed by atoms with van der Waals surface area (Å²) in [5.41, 5.74) is 0.108. The second-order valence-electron chi connectivity index (χ2n) is 5.97. The molecule has 0 aliphatic rings. The van der Waals surface area contributed by atoms with Gasteiger partial charge in [-0.05, 0) is 37.1 Å². The molecule has 0 bridgehead atoms. The van der Waals surface area contributed by atoms with Crippen molar-refractivity contribution < 1.29 is 19.3 Å². The number of benzene rings is 2. The maximum absolute atomic E-state index is 10.6. The zero-order valence-corrected chi connectivity index (χ0v) is 14.9. The van der Waals surface area contributed by atoms with Gasteiger partial charge in [-0.2, -0.15) is 0 Å². The molecule has 8 nitrogen and oxygen atoms in total. The van der Waals surface area contributed by atoms with Crippen LogP contribution in [0.5, 0.6) is 11.5 Å². The summed E-state index contributed by atoms with van der Waals surface area (Å²) in [4.78, 5) is 20.3. The van der Waals surface area contributed by atoms with Gasteiger partial charge in [0.1, 0.15) is 11.5 Å². The molecule has 2 aromatic rings. The number of hydrogen-bond donors (Lipinski definition) is 0. The molecule has 2 aromatic carbocycles. The van der Waals surface area contributed by atoms with Crippen molar-refractivity contribution in [2.75, 3.05) is 13.2 Å². The summed E-state index contributed by atoms with van der Waals surface area (Å²) >= 11 is 0. The van der Waals surface area contributed by atoms with E-state index in [1.807, 2.05) is 0 Å². The van der Waals surface area contributed by atoms with Gasteiger partial charge >= 0.3 is 0 Å². The Hall–Kier alpha value is -3.16. The van der Waals surface area contributed by atoms with E-state index in [4.69, 9.17) is 9.47 Å². The molecule has 0 heterocycles. The third-order valence-corrected chi connectivity index (χ3v) is 3.92. The van der Waals surface area contributed by atoms with E-state index < -0.39 is 9.85 Å². The Balaban J connectivity index is 1.48. The third-order valence-electron chi connectivity index (χ3n) is 3.92. The lowest BCUT2D eigenvalue weighted by Crippen LogP contribution is -1.99. The topological polar surface area (TPSA) is 105 Å². The van der Waals surface area contributed by atoms with Crippen LogP contribution in [0.15, 0.2) is 48.5 Å². The molecule has 0 atom stereocenters. The van der Waals surface area contributed by atoms with Crippen molar-refractivity contribution >= 4 is 11.4 Å². The highest BCUT2D eigenvalue weighted by Gasteiger charge is 2.05. The Bertz CT molecular complexity index is 667. The van der Waals surface area contributed by atoms with Crippen molar-refractivity contribution in [3.05, 3.63) is 68.8 Å². The van der Waals surface area contributed by atoms with Crippen molar-refractivity contribution in [2.45, 2.75) is 32.1 Å². The average Bonchev–Trinajstić information content (AvgIpc) is 2.67. The molecule has 2 rings (SSSR count). The fraction of sp³-hybridized carbons (Fsp3) is 0.368. The number of nitro benzene ring substituents is 2. The standard InChI is InChI=1S/C19H22N2O6/c22-20(23)16-6-10-18(11-7-16)26-14-4-2-1-3-5-15-27-19-12-8-17(9-13-19)21(24)25/h6-13H,1-5,14-15H2. The van der Waals surface area contributed by atoms with Gasteiger partial charge in [0.25, 0.3) is 11.4 Å². The highest BCUT2D eigenvalue weighted by molar-refractivity contribution is 5.36. The fourth-order valence-electron chi connectivity index (χ4n) is 2.44. The summed E-state index contributed by atoms with van der Waals surface area (Å²) in [5, 5.41) is 21.1. The van der Waals surface area contributed by atoms with E-state index in [0.717, 1.165) is 32.1 Å². The first kappa shape index (κ1) is 20.2. The number of hydrogen-bond acceptors (Lipinski definition) is 6. The fourth-order valence-corrected chi connectivity index (χ4v) is 2.44. The number of rotatable bonds is 12. The van der Waals surface area contributed by atoms with E-state index in [1.165, 1.54) is 24.3 Å². The van der Waals surface area contributed by atoms with Gasteiger partial charge in [0, 0.05) is 24.3 Å². The van der Waals surface area contributed by atoms with Crippen LogP contribution >= 0.6 is 0 Å². The minimum Gasteiger partial charge on any atom is -0.494 e. The SMILES string of the molecule is O=[N+]([O-])c1ccc(OCCCCCCCOc2ccc([N+](=O)[O-])cc2)cc1. The van der Waals surface area contributed by atoms with E-state index in [2.05, 4.69) is 0 Å². The Morgan fingerprint density at radius 2 is 0.926 bits per heavy atom. The van der Waals surface area contributed by atoms with Crippen LogP contribution in [0.1, 0.15) is 32.1 Å². The summed E-state index contributed by atoms with van der Waals surface area (Å²) in [6, 6.07) is 12.1. The molecule has 0 aliphatic carbocycles. The maximum Gasteiger partial charge on any atom is 0.269 e. The van der Waals surface area contributed by atoms with E-state index in [0.29, 0.717) is 24.7 Å². The lowest BCUT2D eigenvalue weighted by atomic mass is 10.1. The van der Waals surface area contributed by atoms with Crippen molar-refractivity contribution in [3.8, 4) is 11.5 Å². The van der Waals surface area contributed by atoms with E-state index >= 15 is 0 Å². The molecular formula is C19H22N2O6. The maximum atomic E-state index is 10.6. The Morgan fingerprint density at radius 1 is 0.593 bits per heavy atom. The van der Waals surface area contributed by atoms with Gasteiger partial charge in [0.2, 0.25) is 0 Å². The molecule has 0 saturated carbocycles. The normalized spacial score (nSPS) is 10.4. The molecule has 144 valence electrons. The summed E-state index contributed by atoms with van der Waals surface area (Å²) in [5.74, 6) is 1.27. The zero-order valence-electron chi connectivity index (χ0n) is 14.9. The minimum atomic E-state index is -0.435. The summed E-state index contributed by atoms with van der Waals surface area (Å²) in [6.07, 6.45) is 4.96. The monoisotopic (exact) mass is 374 g/mol. The van der Waals surface area contributed by atoms with Crippen LogP contribution in [-0.2, 0) is 0 Å². The lowest BCUT2D eigenvalue weighted by Gasteiger charge is -2.07. The smallest absolute Gasteiger partial charge is 0.269 e. The molecule has 0 spiro atoms. The molecule has 27 heavy (non-hydrogen) atoms. The molecular weight excluding hydrogens is 352 g/mol. The highest BCUT2D eigenvalue weighted by atomic mass is 16.6. The van der Waals surface area contributed by atoms with Gasteiger partial charge in [-0.3, -0.25) is 20.2 Å². The predicted molar refractivity (Wildman–Crippen MR) is 100 cm³/mol. The van der Waals surface area contributed by atoms with E-state index in [1.54, 1.807) is 24.3 Å². The number of ether oxygens (including phenoxy) is 2. The van der Waals surface area contributed by atoms with Gasteiger partial charge in [-0.25, -0.2) is 0 Å². The second-order valence-corrected chi connectivity index (χ2v) is 5.97. The molecule has 0 N–H and O–H groups in total. The molecule has 0 fully saturated rings. The first-order valence-corrected chi connectivity index (χ1v) is 8.81. The highest BCUT2D eigenvalue weighted by Crippen LogP contribution is 2.19. The summed E-state index contributed by atoms with van der Waals surface area (Å²) in [6.45, 7) is 1.16. The van der Waals surface area contributed by atoms with E-state index in [9.17, 15) is 20.2 Å². The van der Waals surface area contributed by atoms with Crippen molar-refractivity contribution in [2.24, 2.45) is 0 Å². The molecule has 0 aliphatic heterocycles. The van der Waals surface area contributed by atoms with Gasteiger partial charge in [-0.15, -0.1) is 0 Å². The van der Waals surface area contributed by atoms with Crippen molar-refractivity contribution in [1.29, 1.82) is 0 Å². The van der Waals surface area contributed by atoms with Crippen LogP contribution in [0.2, 0.25) is 0 Å².